The van der Waals surface area contributed by atoms with Crippen LogP contribution >= 0.6 is 0 Å². The van der Waals surface area contributed by atoms with Crippen molar-refractivity contribution in [3.05, 3.63) is 11.3 Å². The highest BCUT2D eigenvalue weighted by atomic mass is 16.6. The lowest BCUT2D eigenvalue weighted by atomic mass is 9.33. The number of rotatable bonds is 5. The number of aliphatic hydroxyl groups is 2. The van der Waals surface area contributed by atoms with Gasteiger partial charge in [-0.05, 0) is 51.0 Å². The van der Waals surface area contributed by atoms with Crippen LogP contribution in [0.3, 0.4) is 0 Å². The van der Waals surface area contributed by atoms with Gasteiger partial charge in [0.1, 0.15) is 23.4 Å². The Kier molecular flexibility index (Phi) is 8.68. The van der Waals surface area contributed by atoms with Gasteiger partial charge < -0.3 is 38.6 Å². The van der Waals surface area contributed by atoms with Crippen LogP contribution in [0.4, 0.5) is 0 Å². The summed E-state index contributed by atoms with van der Waals surface area (Å²) in [6.45, 7) is 16.8. The molecule has 1 saturated heterocycles. The predicted octanol–water partition coefficient (Wildman–Crippen LogP) is 3.12. The lowest BCUT2D eigenvalue weighted by Crippen LogP contribution is -2.86. The second kappa shape index (κ2) is 11.7. The molecule has 15 atom stereocenters. The third kappa shape index (κ3) is 4.50. The van der Waals surface area contributed by atoms with Crippen molar-refractivity contribution in [2.45, 2.75) is 144 Å². The summed E-state index contributed by atoms with van der Waals surface area (Å²) in [4.78, 5) is 80.5. The van der Waals surface area contributed by atoms with Crippen LogP contribution in [0.2, 0.25) is 0 Å². The Labute approximate surface area is 309 Å². The van der Waals surface area contributed by atoms with Crippen molar-refractivity contribution in [2.24, 2.45) is 44.8 Å². The summed E-state index contributed by atoms with van der Waals surface area (Å²) in [6, 6.07) is 0. The molecule has 1 heterocycles. The predicted molar refractivity (Wildman–Crippen MR) is 182 cm³/mol. The molecule has 1 aliphatic heterocycles. The zero-order valence-corrected chi connectivity index (χ0v) is 32.7. The number of ketones is 1. The second-order valence-electron chi connectivity index (χ2n) is 17.8. The third-order valence-electron chi connectivity index (χ3n) is 15.2. The summed E-state index contributed by atoms with van der Waals surface area (Å²) in [7, 11) is 1.42. The maximum Gasteiger partial charge on any atom is 0.312 e. The fourth-order valence-electron chi connectivity index (χ4n) is 13.6. The second-order valence-corrected chi connectivity index (χ2v) is 17.8. The number of carbonyl (C=O) groups is 6. The number of ether oxygens (including phenoxy) is 6. The van der Waals surface area contributed by atoms with Crippen LogP contribution < -0.4 is 0 Å². The highest BCUT2D eigenvalue weighted by molar-refractivity contribution is 5.96. The summed E-state index contributed by atoms with van der Waals surface area (Å²) in [5, 5.41) is 26.6. The van der Waals surface area contributed by atoms with E-state index in [2.05, 4.69) is 0 Å². The van der Waals surface area contributed by atoms with E-state index >= 15 is 0 Å². The Bertz CT molecular complexity index is 1720. The van der Waals surface area contributed by atoms with E-state index in [1.807, 2.05) is 13.8 Å². The lowest BCUT2D eigenvalue weighted by molar-refractivity contribution is -0.383. The van der Waals surface area contributed by atoms with Crippen LogP contribution in [0.1, 0.15) is 102 Å². The van der Waals surface area contributed by atoms with Crippen LogP contribution in [0.15, 0.2) is 11.3 Å². The van der Waals surface area contributed by atoms with Crippen LogP contribution in [0.5, 0.6) is 0 Å². The summed E-state index contributed by atoms with van der Waals surface area (Å²) >= 11 is 0. The van der Waals surface area contributed by atoms with Crippen molar-refractivity contribution in [2.75, 3.05) is 7.11 Å². The summed E-state index contributed by atoms with van der Waals surface area (Å²) in [5.41, 5.74) is -10.8. The monoisotopic (exact) mass is 746 g/mol. The molecule has 2 bridgehead atoms. The van der Waals surface area contributed by atoms with E-state index in [0.717, 1.165) is 13.8 Å². The summed E-state index contributed by atoms with van der Waals surface area (Å²) in [5.74, 6) is -6.49. The molecule has 0 radical (unpaired) electrons. The molecule has 6 aliphatic rings. The van der Waals surface area contributed by atoms with E-state index in [1.54, 1.807) is 27.7 Å². The fourth-order valence-corrected chi connectivity index (χ4v) is 13.6. The Hall–Kier alpha value is -3.52. The Morgan fingerprint density at radius 2 is 1.34 bits per heavy atom. The molecule has 14 heteroatoms. The molecule has 0 aromatic rings. The molecular weight excluding hydrogens is 692 g/mol. The summed E-state index contributed by atoms with van der Waals surface area (Å²) < 4.78 is 36.8. The average molecular weight is 747 g/mol. The highest BCUT2D eigenvalue weighted by Gasteiger charge is 2.94. The van der Waals surface area contributed by atoms with Crippen molar-refractivity contribution in [1.82, 2.24) is 0 Å². The largest absolute Gasteiger partial charge is 0.493 e. The lowest BCUT2D eigenvalue weighted by Gasteiger charge is -2.73. The van der Waals surface area contributed by atoms with Gasteiger partial charge >= 0.3 is 29.8 Å². The first-order valence-electron chi connectivity index (χ1n) is 18.4. The molecule has 5 fully saturated rings. The zero-order chi connectivity index (χ0) is 39.8. The molecule has 14 nitrogen and oxygen atoms in total. The third-order valence-corrected chi connectivity index (χ3v) is 15.2. The van der Waals surface area contributed by atoms with E-state index < -0.39 is 116 Å². The maximum absolute atomic E-state index is 14.4. The van der Waals surface area contributed by atoms with Crippen molar-refractivity contribution < 1.29 is 67.4 Å². The smallest absolute Gasteiger partial charge is 0.312 e. The number of Topliss-reactive ketones (excluding diaryl/α,β-unsaturated/α-hetero) is 1. The minimum absolute atomic E-state index is 0.0548. The minimum Gasteiger partial charge on any atom is -0.493 e. The molecule has 0 unspecified atom stereocenters. The SMILES string of the molecule is COC1=C(C)[C@@]2(C)C[C@@H](O)[C@H]3[C@@](C)([C@@H](OC(C)=O)[C@H](C)[C@]34[C@@]35C[C@@](C)(C[C@H](OC(C)=O)[C@]3(C)[C@@H](OC(C)=O)[C@@H](OC(C)=O)[C@]4(C)O)C(=O)O5)[C@@H]2CC1=O. The first-order chi connectivity index (χ1) is 24.3. The van der Waals surface area contributed by atoms with E-state index in [4.69, 9.17) is 28.4 Å². The number of carbonyl (C=O) groups excluding carboxylic acids is 6. The quantitative estimate of drug-likeness (QED) is 0.307. The minimum atomic E-state index is -2.32. The van der Waals surface area contributed by atoms with Gasteiger partial charge in [-0.3, -0.25) is 28.8 Å². The molecule has 6 rings (SSSR count). The normalized spacial score (nSPS) is 49.6. The number of methoxy groups -OCH3 is 1. The molecule has 4 saturated carbocycles. The molecule has 5 aliphatic carbocycles. The van der Waals surface area contributed by atoms with Gasteiger partial charge in [0.15, 0.2) is 23.8 Å². The highest BCUT2D eigenvalue weighted by Crippen LogP contribution is 2.83. The average Bonchev–Trinajstić information content (AvgIpc) is 3.38. The Morgan fingerprint density at radius 1 is 0.811 bits per heavy atom. The van der Waals surface area contributed by atoms with Gasteiger partial charge in [-0.2, -0.15) is 0 Å². The molecule has 294 valence electrons. The van der Waals surface area contributed by atoms with Crippen molar-refractivity contribution in [3.8, 4) is 0 Å². The first kappa shape index (κ1) is 39.2. The van der Waals surface area contributed by atoms with Gasteiger partial charge in [0, 0.05) is 64.2 Å². The van der Waals surface area contributed by atoms with Crippen LogP contribution in [-0.4, -0.2) is 94.7 Å². The standard InChI is InChI=1S/C39H54O14/c1-17-27(48-12)23(44)13-25-34(17,8)14-24(45)28-35(25,9)29(50-20(4)41)18(2)39(28)37(11,47)31(52-22(6)43)30(51-21(5)42)36(10)26(49-19(3)40)15-33(7)16-38(36,39)53-32(33)46/h18,24-26,28-31,45,47H,13-16H2,1-12H3/t18-,24+,25+,26-,28-,29-,30-,31+,33+,34+,35-,36+,37-,38+,39-/m0/s1. The number of allylic oxidation sites excluding steroid dienone is 2. The van der Waals surface area contributed by atoms with Gasteiger partial charge in [-0.15, -0.1) is 0 Å². The van der Waals surface area contributed by atoms with Gasteiger partial charge in [-0.1, -0.05) is 20.8 Å². The molecule has 0 aromatic heterocycles. The molecule has 0 amide bonds. The van der Waals surface area contributed by atoms with E-state index in [9.17, 15) is 39.0 Å². The topological polar surface area (TPSA) is 198 Å². The molecule has 2 N–H and O–H groups in total. The van der Waals surface area contributed by atoms with Gasteiger partial charge in [0.05, 0.1) is 29.5 Å². The molecule has 2 spiro atoms. The van der Waals surface area contributed by atoms with E-state index in [-0.39, 0.29) is 37.2 Å². The number of aliphatic hydroxyl groups excluding tert-OH is 1. The van der Waals surface area contributed by atoms with Gasteiger partial charge in [-0.25, -0.2) is 0 Å². The Balaban J connectivity index is 1.79. The summed E-state index contributed by atoms with van der Waals surface area (Å²) in [6.07, 6.45) is -7.01. The fraction of sp³-hybridized carbons (Fsp3) is 0.795. The number of hydrogen-bond acceptors (Lipinski definition) is 14. The van der Waals surface area contributed by atoms with Crippen molar-refractivity contribution >= 4 is 35.6 Å². The number of fused-ring (bicyclic) bond motifs is 5. The zero-order valence-electron chi connectivity index (χ0n) is 32.7. The van der Waals surface area contributed by atoms with Gasteiger partial charge in [0.25, 0.3) is 0 Å². The number of esters is 5. The Morgan fingerprint density at radius 3 is 1.87 bits per heavy atom. The van der Waals surface area contributed by atoms with Crippen molar-refractivity contribution in [3.63, 3.8) is 0 Å². The molecular formula is C39H54O14. The van der Waals surface area contributed by atoms with E-state index in [0.29, 0.717) is 5.57 Å². The van der Waals surface area contributed by atoms with E-state index in [1.165, 1.54) is 27.9 Å². The van der Waals surface area contributed by atoms with Crippen LogP contribution in [0, 0.1) is 44.8 Å². The van der Waals surface area contributed by atoms with Gasteiger partial charge in [0.2, 0.25) is 0 Å². The molecule has 53 heavy (non-hydrogen) atoms. The first-order valence-corrected chi connectivity index (χ1v) is 18.4. The number of hydrogen-bond donors (Lipinski definition) is 2. The maximum atomic E-state index is 14.4. The van der Waals surface area contributed by atoms with Crippen LogP contribution in [-0.2, 0) is 57.2 Å². The van der Waals surface area contributed by atoms with Crippen LogP contribution in [0.25, 0.3) is 0 Å². The van der Waals surface area contributed by atoms with Crippen molar-refractivity contribution in [1.29, 1.82) is 0 Å². The molecule has 0 aromatic carbocycles.